The highest BCUT2D eigenvalue weighted by Gasteiger charge is 2.23. The molecular formula is C14H18N4O. The molecule has 5 nitrogen and oxygen atoms in total. The molecule has 0 saturated carbocycles. The molecule has 0 spiro atoms. The molecule has 0 radical (unpaired) electrons. The number of hydrogen-bond acceptors (Lipinski definition) is 3. The van der Waals surface area contributed by atoms with Gasteiger partial charge in [0.15, 0.2) is 5.96 Å². The van der Waals surface area contributed by atoms with E-state index in [9.17, 15) is 0 Å². The lowest BCUT2D eigenvalue weighted by Gasteiger charge is -2.25. The summed E-state index contributed by atoms with van der Waals surface area (Å²) in [4.78, 5) is 2.00. The predicted molar refractivity (Wildman–Crippen MR) is 77.4 cm³/mol. The molecule has 100 valence electrons. The molecule has 0 bridgehead atoms. The molecule has 1 saturated heterocycles. The van der Waals surface area contributed by atoms with Crippen LogP contribution in [0.1, 0.15) is 5.56 Å². The highest BCUT2D eigenvalue weighted by Crippen LogP contribution is 2.36. The van der Waals surface area contributed by atoms with Gasteiger partial charge in [-0.05, 0) is 24.1 Å². The van der Waals surface area contributed by atoms with Crippen molar-refractivity contribution in [1.82, 2.24) is 5.32 Å². The quantitative estimate of drug-likeness (QED) is 0.720. The number of allylic oxidation sites excluding steroid dienone is 1. The zero-order chi connectivity index (χ0) is 13.2. The smallest absolute Gasteiger partial charge is 0.195 e. The van der Waals surface area contributed by atoms with Gasteiger partial charge >= 0.3 is 0 Å². The molecule has 2 aliphatic rings. The van der Waals surface area contributed by atoms with E-state index in [-0.39, 0.29) is 0 Å². The maximum Gasteiger partial charge on any atom is 0.195 e. The van der Waals surface area contributed by atoms with E-state index in [2.05, 4.69) is 29.3 Å². The second-order valence-electron chi connectivity index (χ2n) is 4.67. The lowest BCUT2D eigenvalue weighted by atomic mass is 10.1. The topological polar surface area (TPSA) is 60.4 Å². The van der Waals surface area contributed by atoms with E-state index in [0.29, 0.717) is 12.6 Å². The SMILES string of the molecule is C=CCc1cc2c(cc1N1CCNC1=N)NCCO2. The number of fused-ring (bicyclic) bond motifs is 1. The van der Waals surface area contributed by atoms with Crippen molar-refractivity contribution < 1.29 is 4.74 Å². The van der Waals surface area contributed by atoms with Crippen molar-refractivity contribution in [2.24, 2.45) is 0 Å². The van der Waals surface area contributed by atoms with E-state index >= 15 is 0 Å². The van der Waals surface area contributed by atoms with Crippen LogP contribution in [0.4, 0.5) is 11.4 Å². The monoisotopic (exact) mass is 258 g/mol. The van der Waals surface area contributed by atoms with Crippen LogP contribution in [0.15, 0.2) is 24.8 Å². The molecule has 0 aromatic heterocycles. The van der Waals surface area contributed by atoms with Crippen LogP contribution < -0.4 is 20.3 Å². The summed E-state index contributed by atoms with van der Waals surface area (Å²) in [6.45, 7) is 6.96. The molecule has 1 aromatic carbocycles. The average molecular weight is 258 g/mol. The van der Waals surface area contributed by atoms with Crippen LogP contribution >= 0.6 is 0 Å². The number of nitrogens with one attached hydrogen (secondary N) is 3. The molecule has 3 N–H and O–H groups in total. The van der Waals surface area contributed by atoms with Gasteiger partial charge < -0.3 is 20.3 Å². The first kappa shape index (κ1) is 11.9. The van der Waals surface area contributed by atoms with Crippen LogP contribution in [0, 0.1) is 5.41 Å². The molecule has 0 atom stereocenters. The summed E-state index contributed by atoms with van der Waals surface area (Å²) in [6, 6.07) is 4.14. The van der Waals surface area contributed by atoms with Crippen LogP contribution in [0.2, 0.25) is 0 Å². The summed E-state index contributed by atoms with van der Waals surface area (Å²) < 4.78 is 5.67. The maximum atomic E-state index is 7.95. The van der Waals surface area contributed by atoms with Crippen LogP contribution in [0.3, 0.4) is 0 Å². The van der Waals surface area contributed by atoms with Gasteiger partial charge in [0.2, 0.25) is 0 Å². The molecule has 5 heteroatoms. The molecule has 1 aromatic rings. The third-order valence-electron chi connectivity index (χ3n) is 3.41. The van der Waals surface area contributed by atoms with E-state index < -0.39 is 0 Å². The van der Waals surface area contributed by atoms with Crippen LogP contribution in [-0.4, -0.2) is 32.2 Å². The van der Waals surface area contributed by atoms with Gasteiger partial charge in [0.1, 0.15) is 12.4 Å². The van der Waals surface area contributed by atoms with Crippen LogP contribution in [0.5, 0.6) is 5.75 Å². The van der Waals surface area contributed by atoms with Crippen molar-refractivity contribution in [1.29, 1.82) is 5.41 Å². The summed E-state index contributed by atoms with van der Waals surface area (Å²) in [7, 11) is 0. The van der Waals surface area contributed by atoms with Gasteiger partial charge in [-0.1, -0.05) is 6.08 Å². The minimum Gasteiger partial charge on any atom is -0.490 e. The largest absolute Gasteiger partial charge is 0.490 e. The fraction of sp³-hybridized carbons (Fsp3) is 0.357. The minimum absolute atomic E-state index is 0.460. The number of rotatable bonds is 3. The Balaban J connectivity index is 2.04. The zero-order valence-corrected chi connectivity index (χ0v) is 10.8. The second-order valence-corrected chi connectivity index (χ2v) is 4.67. The van der Waals surface area contributed by atoms with Crippen LogP contribution in [0.25, 0.3) is 0 Å². The molecule has 3 rings (SSSR count). The highest BCUT2D eigenvalue weighted by molar-refractivity contribution is 5.97. The van der Waals surface area contributed by atoms with Gasteiger partial charge in [-0.25, -0.2) is 0 Å². The standard InChI is InChI=1S/C14H18N4O/c1-2-3-10-8-13-11(16-5-7-19-13)9-12(10)18-6-4-17-14(18)15/h2,8-9,16H,1,3-7H2,(H2,15,17). The van der Waals surface area contributed by atoms with E-state index in [0.717, 1.165) is 48.7 Å². The van der Waals surface area contributed by atoms with E-state index in [1.165, 1.54) is 0 Å². The fourth-order valence-electron chi connectivity index (χ4n) is 2.52. The van der Waals surface area contributed by atoms with Crippen molar-refractivity contribution in [3.63, 3.8) is 0 Å². The first-order valence-corrected chi connectivity index (χ1v) is 6.54. The fourth-order valence-corrected chi connectivity index (χ4v) is 2.52. The molecule has 0 amide bonds. The Morgan fingerprint density at radius 2 is 2.26 bits per heavy atom. The summed E-state index contributed by atoms with van der Waals surface area (Å²) in [5, 5.41) is 14.3. The van der Waals surface area contributed by atoms with Gasteiger partial charge in [-0.2, -0.15) is 0 Å². The van der Waals surface area contributed by atoms with Crippen molar-refractivity contribution in [2.75, 3.05) is 36.5 Å². The van der Waals surface area contributed by atoms with Gasteiger partial charge in [0.25, 0.3) is 0 Å². The lowest BCUT2D eigenvalue weighted by molar-refractivity contribution is 0.323. The normalized spacial score (nSPS) is 17.3. The Morgan fingerprint density at radius 3 is 3.00 bits per heavy atom. The number of guanidine groups is 1. The van der Waals surface area contributed by atoms with Crippen molar-refractivity contribution in [3.8, 4) is 5.75 Å². The van der Waals surface area contributed by atoms with E-state index in [4.69, 9.17) is 10.1 Å². The first-order chi connectivity index (χ1) is 9.29. The van der Waals surface area contributed by atoms with E-state index in [1.807, 2.05) is 11.0 Å². The lowest BCUT2D eigenvalue weighted by Crippen LogP contribution is -2.30. The van der Waals surface area contributed by atoms with Crippen molar-refractivity contribution >= 4 is 17.3 Å². The summed E-state index contributed by atoms with van der Waals surface area (Å²) in [6.07, 6.45) is 2.66. The minimum atomic E-state index is 0.460. The molecule has 0 aliphatic carbocycles. The third kappa shape index (κ3) is 2.12. The summed E-state index contributed by atoms with van der Waals surface area (Å²) in [5.41, 5.74) is 3.21. The molecule has 2 heterocycles. The Labute approximate surface area is 112 Å². The van der Waals surface area contributed by atoms with E-state index in [1.54, 1.807) is 0 Å². The summed E-state index contributed by atoms with van der Waals surface area (Å²) >= 11 is 0. The highest BCUT2D eigenvalue weighted by atomic mass is 16.5. The average Bonchev–Trinajstić information content (AvgIpc) is 2.84. The van der Waals surface area contributed by atoms with Gasteiger partial charge in [-0.3, -0.25) is 5.41 Å². The zero-order valence-electron chi connectivity index (χ0n) is 10.8. The number of benzene rings is 1. The predicted octanol–water partition coefficient (Wildman–Crippen LogP) is 1.56. The third-order valence-corrected chi connectivity index (χ3v) is 3.41. The Morgan fingerprint density at radius 1 is 1.37 bits per heavy atom. The number of anilines is 2. The number of nitrogens with zero attached hydrogens (tertiary/aromatic N) is 1. The molecule has 19 heavy (non-hydrogen) atoms. The van der Waals surface area contributed by atoms with Gasteiger partial charge in [0.05, 0.1) is 5.69 Å². The Bertz CT molecular complexity index is 526. The number of ether oxygens (including phenoxy) is 1. The first-order valence-electron chi connectivity index (χ1n) is 6.54. The number of hydrogen-bond donors (Lipinski definition) is 3. The summed E-state index contributed by atoms with van der Waals surface area (Å²) in [5.74, 6) is 1.35. The Kier molecular flexibility index (Phi) is 3.03. The van der Waals surface area contributed by atoms with Crippen LogP contribution in [-0.2, 0) is 6.42 Å². The maximum absolute atomic E-state index is 7.95. The van der Waals surface area contributed by atoms with Gasteiger partial charge in [0, 0.05) is 25.3 Å². The van der Waals surface area contributed by atoms with Gasteiger partial charge in [-0.15, -0.1) is 6.58 Å². The molecule has 2 aliphatic heterocycles. The molecule has 1 fully saturated rings. The Hall–Kier alpha value is -2.17. The molecule has 0 unspecified atom stereocenters. The molecular weight excluding hydrogens is 240 g/mol. The van der Waals surface area contributed by atoms with Crippen molar-refractivity contribution in [3.05, 3.63) is 30.4 Å². The van der Waals surface area contributed by atoms with Crippen molar-refractivity contribution in [2.45, 2.75) is 6.42 Å². The second kappa shape index (κ2) is 4.84.